The maximum atomic E-state index is 14.0. The van der Waals surface area contributed by atoms with Gasteiger partial charge >= 0.3 is 11.9 Å². The van der Waals surface area contributed by atoms with Crippen LogP contribution < -0.4 is 29.1 Å². The number of ether oxygens (including phenoxy) is 7. The summed E-state index contributed by atoms with van der Waals surface area (Å²) in [4.78, 5) is 73.9. The van der Waals surface area contributed by atoms with Crippen LogP contribution in [-0.2, 0) is 53.7 Å². The summed E-state index contributed by atoms with van der Waals surface area (Å²) in [6, 6.07) is 55.4. The van der Waals surface area contributed by atoms with Crippen LogP contribution >= 0.6 is 0 Å². The average molecular weight is 1580 g/mol. The van der Waals surface area contributed by atoms with Gasteiger partial charge in [-0.15, -0.1) is 0 Å². The number of benzene rings is 8. The number of esters is 2. The Labute approximate surface area is 689 Å². The minimum absolute atomic E-state index is 0.0105. The molecule has 4 heterocycles. The molecule has 12 rings (SSSR count). The number of rotatable bonds is 33. The summed E-state index contributed by atoms with van der Waals surface area (Å²) >= 11 is 0. The highest BCUT2D eigenvalue weighted by Gasteiger charge is 2.62. The normalized spacial score (nSPS) is 18.4. The number of hydrogen-bond acceptors (Lipinski definition) is 17. The number of Topliss-reactive ketones (excluding diaryl/α,β-unsaturated/α-hetero) is 2. The van der Waals surface area contributed by atoms with E-state index in [2.05, 4.69) is 260 Å². The van der Waals surface area contributed by atoms with Crippen molar-refractivity contribution in [3.8, 4) is 33.8 Å². The molecule has 0 radical (unpaired) electrons. The Hall–Kier alpha value is -9.42. The first-order valence-electron chi connectivity index (χ1n) is 42.1. The van der Waals surface area contributed by atoms with Crippen molar-refractivity contribution >= 4 is 91.6 Å². The highest BCUT2D eigenvalue weighted by Crippen LogP contribution is 2.59. The standard InChI is InChI=1S/C99H126N6O11/c1-23-97(22,85(107)51-53-87(109)111-57-55-103(25-3)71-48-44-69(45-49-71)77-59-81-89(75-37-29-27-35-73(75)77)115-99(63-101-81)95(18,19)79-39-31-33-41-83(79)105(99)65-91(9,10)11)113-67(5)61-93(14,15)116-92(12,13)60-66(4)112-96(20,21)84(106)50-52-86(108)110-56-54-102(24-2)70-46-42-68(43-47-70)76-58-80-88(74-36-28-26-34-72(74)76)114-98(62-100-80)94(16,17)78-38-30-32-40-82(78)104(98)64-90(6,7)8/h26-49,58-59,62-63,66-67H,23-25,50-57,60-61,64-65H2,1-22H3. The van der Waals surface area contributed by atoms with Gasteiger partial charge in [0.2, 0.25) is 11.4 Å². The van der Waals surface area contributed by atoms with Gasteiger partial charge in [0, 0.05) is 85.4 Å². The van der Waals surface area contributed by atoms with Crippen LogP contribution in [0.4, 0.5) is 34.1 Å². The first kappa shape index (κ1) is 85.9. The van der Waals surface area contributed by atoms with Gasteiger partial charge in [-0.25, -0.2) is 0 Å². The zero-order valence-corrected chi connectivity index (χ0v) is 73.1. The van der Waals surface area contributed by atoms with E-state index in [0.717, 1.165) is 91.1 Å². The van der Waals surface area contributed by atoms with E-state index in [0.29, 0.717) is 45.4 Å². The lowest BCUT2D eigenvalue weighted by Gasteiger charge is -2.48. The van der Waals surface area contributed by atoms with Crippen LogP contribution in [0.3, 0.4) is 0 Å². The summed E-state index contributed by atoms with van der Waals surface area (Å²) in [5.74, 6) is 0.306. The summed E-state index contributed by atoms with van der Waals surface area (Å²) in [7, 11) is 0. The summed E-state index contributed by atoms with van der Waals surface area (Å²) in [5, 5.41) is 4.16. The van der Waals surface area contributed by atoms with Crippen LogP contribution in [0.1, 0.15) is 208 Å². The molecule has 0 saturated carbocycles. The number of carbonyl (C=O) groups excluding carboxylic acids is 4. The maximum absolute atomic E-state index is 14.0. The zero-order valence-electron chi connectivity index (χ0n) is 73.1. The van der Waals surface area contributed by atoms with Gasteiger partial charge in [0.15, 0.2) is 23.1 Å². The first-order chi connectivity index (χ1) is 54.6. The fraction of sp³-hybridized carbons (Fsp3) is 0.495. The molecule has 0 bridgehead atoms. The number of nitrogens with zero attached hydrogens (tertiary/aromatic N) is 6. The number of anilines is 4. The Morgan fingerprint density at radius 3 is 1.22 bits per heavy atom. The van der Waals surface area contributed by atoms with Crippen molar-refractivity contribution in [2.45, 2.75) is 254 Å². The zero-order chi connectivity index (χ0) is 83.9. The Balaban J connectivity index is 0.563. The Bertz CT molecular complexity index is 4990. The molecular weight excluding hydrogens is 1450 g/mol. The Kier molecular flexibility index (Phi) is 24.6. The summed E-state index contributed by atoms with van der Waals surface area (Å²) in [6.07, 6.45) is 4.45. The highest BCUT2D eigenvalue weighted by molar-refractivity contribution is 6.07. The molecule has 8 aromatic rings. The molecule has 2 spiro atoms. The number of carbonyl (C=O) groups is 4. The molecule has 0 N–H and O–H groups in total. The molecule has 0 aliphatic carbocycles. The van der Waals surface area contributed by atoms with Crippen LogP contribution in [0.25, 0.3) is 43.8 Å². The largest absolute Gasteiger partial charge is 0.464 e. The number of likely N-dealkylation sites (N-methyl/N-ethyl adjacent to an activating group) is 2. The fourth-order valence-corrected chi connectivity index (χ4v) is 18.3. The van der Waals surface area contributed by atoms with Crippen LogP contribution in [0, 0.1) is 10.8 Å². The van der Waals surface area contributed by atoms with Gasteiger partial charge in [0.25, 0.3) is 0 Å². The van der Waals surface area contributed by atoms with Crippen molar-refractivity contribution < 1.29 is 52.3 Å². The van der Waals surface area contributed by atoms with Gasteiger partial charge in [-0.2, -0.15) is 0 Å². The van der Waals surface area contributed by atoms with Gasteiger partial charge in [-0.05, 0) is 214 Å². The van der Waals surface area contributed by atoms with Crippen molar-refractivity contribution in [2.75, 3.05) is 72.1 Å². The molecule has 5 unspecified atom stereocenters. The SMILES string of the molecule is CCN(CCOC(=O)CCC(=O)C(C)(C)OC(C)CC(C)(C)OC(C)(C)CC(C)OC(C)(CC)C(=O)CCC(=O)OCCN(CC)c1ccc(-c2cc3c(c4ccccc24)OC2(C=N3)N(CC(C)(C)C)c3ccccc3C2(C)C)cc1)c1ccc(-c2cc3c(c4ccccc24)OC2(C=N3)N(CC(C)(C)C)c3ccccc3C2(C)C)cc1. The van der Waals surface area contributed by atoms with Crippen LogP contribution in [0.5, 0.6) is 11.5 Å². The second-order valence-corrected chi connectivity index (χ2v) is 37.8. The molecule has 17 heteroatoms. The van der Waals surface area contributed by atoms with Gasteiger partial charge in [-0.3, -0.25) is 29.2 Å². The molecule has 8 aromatic carbocycles. The van der Waals surface area contributed by atoms with E-state index >= 15 is 0 Å². The van der Waals surface area contributed by atoms with Crippen molar-refractivity contribution in [3.63, 3.8) is 0 Å². The van der Waals surface area contributed by atoms with E-state index in [1.165, 1.54) is 22.5 Å². The molecule has 0 amide bonds. The van der Waals surface area contributed by atoms with Crippen LogP contribution in [0.15, 0.2) is 168 Å². The average Bonchev–Trinajstić information content (AvgIpc) is 1.52. The minimum atomic E-state index is -1.18. The molecule has 5 atom stereocenters. The summed E-state index contributed by atoms with van der Waals surface area (Å²) in [6.45, 7) is 50.1. The lowest BCUT2D eigenvalue weighted by Crippen LogP contribution is -2.63. The summed E-state index contributed by atoms with van der Waals surface area (Å²) < 4.78 is 46.1. The van der Waals surface area contributed by atoms with Gasteiger partial charge in [-0.1, -0.05) is 158 Å². The van der Waals surface area contributed by atoms with E-state index in [1.54, 1.807) is 20.8 Å². The van der Waals surface area contributed by atoms with Crippen molar-refractivity contribution in [3.05, 3.63) is 169 Å². The predicted octanol–water partition coefficient (Wildman–Crippen LogP) is 21.8. The van der Waals surface area contributed by atoms with Gasteiger partial charge in [0.05, 0.1) is 72.6 Å². The quantitative estimate of drug-likeness (QED) is 0.0356. The lowest BCUT2D eigenvalue weighted by atomic mass is 9.77. The Morgan fingerprint density at radius 1 is 0.466 bits per heavy atom. The van der Waals surface area contributed by atoms with E-state index < -0.39 is 56.6 Å². The number of aliphatic imine (C=N–C) groups is 2. The molecule has 618 valence electrons. The molecule has 116 heavy (non-hydrogen) atoms. The summed E-state index contributed by atoms with van der Waals surface area (Å²) in [5.41, 5.74) is 6.39. The van der Waals surface area contributed by atoms with E-state index in [9.17, 15) is 19.2 Å². The van der Waals surface area contributed by atoms with Gasteiger partial charge < -0.3 is 52.8 Å². The van der Waals surface area contributed by atoms with Crippen molar-refractivity contribution in [1.82, 2.24) is 0 Å². The monoisotopic (exact) mass is 1570 g/mol. The highest BCUT2D eigenvalue weighted by atomic mass is 16.6. The number of para-hydroxylation sites is 2. The molecular formula is C99H126N6O11. The molecule has 4 aliphatic heterocycles. The second kappa shape index (κ2) is 33.2. The van der Waals surface area contributed by atoms with E-state index in [4.69, 9.17) is 43.1 Å². The number of ketones is 2. The third-order valence-electron chi connectivity index (χ3n) is 24.0. The number of fused-ring (bicyclic) bond motifs is 8. The third kappa shape index (κ3) is 17.7. The maximum Gasteiger partial charge on any atom is 0.306 e. The van der Waals surface area contributed by atoms with Crippen LogP contribution in [0.2, 0.25) is 0 Å². The molecule has 0 saturated heterocycles. The van der Waals surface area contributed by atoms with E-state index in [1.807, 2.05) is 60.9 Å². The minimum Gasteiger partial charge on any atom is -0.464 e. The fourth-order valence-electron chi connectivity index (χ4n) is 18.3. The number of hydrogen-bond donors (Lipinski definition) is 0. The molecule has 4 aliphatic rings. The first-order valence-corrected chi connectivity index (χ1v) is 42.1. The second-order valence-electron chi connectivity index (χ2n) is 37.8. The Morgan fingerprint density at radius 2 is 0.836 bits per heavy atom. The van der Waals surface area contributed by atoms with Gasteiger partial charge in [0.1, 0.15) is 35.8 Å². The molecule has 17 nitrogen and oxygen atoms in total. The third-order valence-corrected chi connectivity index (χ3v) is 24.0. The molecule has 0 aromatic heterocycles. The van der Waals surface area contributed by atoms with Crippen molar-refractivity contribution in [2.24, 2.45) is 20.8 Å². The van der Waals surface area contributed by atoms with Crippen molar-refractivity contribution in [1.29, 1.82) is 0 Å². The molecule has 0 fully saturated rings. The topological polar surface area (TPSA) is 171 Å². The van der Waals surface area contributed by atoms with Crippen LogP contribution in [-0.4, -0.2) is 134 Å². The predicted molar refractivity (Wildman–Crippen MR) is 473 cm³/mol. The van der Waals surface area contributed by atoms with E-state index in [-0.39, 0.29) is 73.5 Å². The smallest absolute Gasteiger partial charge is 0.306 e. The lowest BCUT2D eigenvalue weighted by molar-refractivity contribution is -0.181.